The molecule has 4 nitrogen and oxygen atoms in total. The minimum Gasteiger partial charge on any atom is -0.453 e. The molecule has 0 saturated carbocycles. The Balaban J connectivity index is 1.71. The zero-order valence-corrected chi connectivity index (χ0v) is 18.7. The van der Waals surface area contributed by atoms with E-state index in [2.05, 4.69) is 43.1 Å². The van der Waals surface area contributed by atoms with Crippen molar-refractivity contribution in [3.63, 3.8) is 0 Å². The summed E-state index contributed by atoms with van der Waals surface area (Å²) in [5.74, 6) is 3.04. The normalized spacial score (nSPS) is 16.0. The van der Waals surface area contributed by atoms with Crippen LogP contribution in [0.5, 0.6) is 23.0 Å². The van der Waals surface area contributed by atoms with Gasteiger partial charge in [-0.2, -0.15) is 0 Å². The highest BCUT2D eigenvalue weighted by Gasteiger charge is 2.33. The molecule has 1 aliphatic rings. The minimum atomic E-state index is 0.0865. The van der Waals surface area contributed by atoms with Crippen LogP contribution in [0.1, 0.15) is 32.4 Å². The van der Waals surface area contributed by atoms with Gasteiger partial charge < -0.3 is 14.8 Å². The zero-order chi connectivity index (χ0) is 21.7. The Morgan fingerprint density at radius 2 is 1.29 bits per heavy atom. The third-order valence-electron chi connectivity index (χ3n) is 5.56. The fourth-order valence-corrected chi connectivity index (χ4v) is 4.29. The van der Waals surface area contributed by atoms with E-state index in [1.54, 1.807) is 0 Å². The Morgan fingerprint density at radius 3 is 1.84 bits per heavy atom. The molecular weight excluding hydrogens is 384 g/mol. The highest BCUT2D eigenvalue weighted by molar-refractivity contribution is 5.48. The summed E-state index contributed by atoms with van der Waals surface area (Å²) < 4.78 is 12.5. The lowest BCUT2D eigenvalue weighted by Gasteiger charge is -2.42. The van der Waals surface area contributed by atoms with Gasteiger partial charge in [-0.3, -0.25) is 4.90 Å². The summed E-state index contributed by atoms with van der Waals surface area (Å²) >= 11 is 0. The summed E-state index contributed by atoms with van der Waals surface area (Å²) in [6.45, 7) is 11.1. The van der Waals surface area contributed by atoms with E-state index in [1.807, 2.05) is 66.7 Å². The van der Waals surface area contributed by atoms with Gasteiger partial charge in [0.05, 0.1) is 0 Å². The second kappa shape index (κ2) is 9.54. The van der Waals surface area contributed by atoms with Gasteiger partial charge in [-0.15, -0.1) is 0 Å². The largest absolute Gasteiger partial charge is 0.453 e. The third kappa shape index (κ3) is 5.46. The number of hydrogen-bond acceptors (Lipinski definition) is 4. The van der Waals surface area contributed by atoms with Gasteiger partial charge in [-0.05, 0) is 47.4 Å². The van der Waals surface area contributed by atoms with E-state index < -0.39 is 0 Å². The number of benzene rings is 3. The van der Waals surface area contributed by atoms with E-state index in [-0.39, 0.29) is 5.41 Å². The highest BCUT2D eigenvalue weighted by atomic mass is 16.5. The number of nitrogens with one attached hydrogen (secondary N) is 1. The molecule has 1 fully saturated rings. The number of ether oxygens (including phenoxy) is 2. The van der Waals surface area contributed by atoms with Gasteiger partial charge in [0, 0.05) is 32.2 Å². The van der Waals surface area contributed by atoms with Crippen molar-refractivity contribution < 1.29 is 9.47 Å². The van der Waals surface area contributed by atoms with E-state index in [0.29, 0.717) is 11.8 Å². The van der Waals surface area contributed by atoms with Gasteiger partial charge in [-0.1, -0.05) is 63.2 Å². The number of nitrogens with zero attached hydrogens (tertiary/aromatic N) is 1. The van der Waals surface area contributed by atoms with Crippen LogP contribution < -0.4 is 14.8 Å². The van der Waals surface area contributed by atoms with E-state index in [4.69, 9.17) is 9.47 Å². The summed E-state index contributed by atoms with van der Waals surface area (Å²) in [5, 5.41) is 3.47. The quantitative estimate of drug-likeness (QED) is 0.514. The molecule has 0 bridgehead atoms. The fourth-order valence-electron chi connectivity index (χ4n) is 4.29. The molecule has 4 rings (SSSR count). The van der Waals surface area contributed by atoms with Crippen LogP contribution in [0.15, 0.2) is 78.9 Å². The predicted octanol–water partition coefficient (Wildman–Crippen LogP) is 6.26. The van der Waals surface area contributed by atoms with Gasteiger partial charge in [0.1, 0.15) is 11.5 Å². The van der Waals surface area contributed by atoms with Gasteiger partial charge in [0.15, 0.2) is 11.5 Å². The lowest BCUT2D eigenvalue weighted by molar-refractivity contribution is 0.0860. The number of hydrogen-bond donors (Lipinski definition) is 1. The van der Waals surface area contributed by atoms with E-state index >= 15 is 0 Å². The molecule has 1 saturated heterocycles. The first-order chi connectivity index (χ1) is 15.0. The van der Waals surface area contributed by atoms with Crippen molar-refractivity contribution in [2.75, 3.05) is 26.2 Å². The van der Waals surface area contributed by atoms with Crippen LogP contribution in [0.4, 0.5) is 0 Å². The average Bonchev–Trinajstić information content (AvgIpc) is 2.77. The summed E-state index contributed by atoms with van der Waals surface area (Å²) in [4.78, 5) is 2.58. The van der Waals surface area contributed by atoms with Gasteiger partial charge >= 0.3 is 0 Å². The molecule has 31 heavy (non-hydrogen) atoms. The third-order valence-corrected chi connectivity index (χ3v) is 5.56. The summed E-state index contributed by atoms with van der Waals surface area (Å²) in [6.07, 6.45) is 0. The van der Waals surface area contributed by atoms with E-state index in [1.165, 1.54) is 5.56 Å². The van der Waals surface area contributed by atoms with E-state index in [0.717, 1.165) is 43.4 Å². The Bertz CT molecular complexity index is 962. The average molecular weight is 417 g/mol. The zero-order valence-electron chi connectivity index (χ0n) is 18.7. The van der Waals surface area contributed by atoms with Crippen molar-refractivity contribution in [1.29, 1.82) is 0 Å². The van der Waals surface area contributed by atoms with Gasteiger partial charge in [0.25, 0.3) is 0 Å². The first-order valence-electron chi connectivity index (χ1n) is 11.1. The Hall–Kier alpha value is -2.82. The van der Waals surface area contributed by atoms with Crippen molar-refractivity contribution >= 4 is 0 Å². The van der Waals surface area contributed by atoms with Crippen molar-refractivity contribution in [2.45, 2.75) is 26.8 Å². The molecule has 0 amide bonds. The number of piperazine rings is 1. The second-order valence-corrected chi connectivity index (χ2v) is 9.09. The molecule has 0 aromatic heterocycles. The monoisotopic (exact) mass is 416 g/mol. The maximum atomic E-state index is 6.32. The van der Waals surface area contributed by atoms with Gasteiger partial charge in [0.2, 0.25) is 0 Å². The molecule has 1 aliphatic heterocycles. The Labute approximate surface area is 185 Å². The smallest absolute Gasteiger partial charge is 0.170 e. The van der Waals surface area contributed by atoms with Crippen LogP contribution in [-0.4, -0.2) is 31.1 Å². The van der Waals surface area contributed by atoms with Crippen LogP contribution in [0.2, 0.25) is 0 Å². The number of para-hydroxylation sites is 2. The van der Waals surface area contributed by atoms with Crippen LogP contribution in [0, 0.1) is 5.41 Å². The molecule has 0 spiro atoms. The number of rotatable bonds is 6. The Kier molecular flexibility index (Phi) is 6.59. The van der Waals surface area contributed by atoms with Crippen molar-refractivity contribution in [1.82, 2.24) is 10.2 Å². The molecule has 0 radical (unpaired) electrons. The molecular formula is C27H32N2O2. The lowest BCUT2D eigenvalue weighted by atomic mass is 9.81. The highest BCUT2D eigenvalue weighted by Crippen LogP contribution is 2.43. The fraction of sp³-hybridized carbons (Fsp3) is 0.333. The molecule has 3 aromatic carbocycles. The first-order valence-corrected chi connectivity index (χ1v) is 11.1. The van der Waals surface area contributed by atoms with Crippen LogP contribution in [0.3, 0.4) is 0 Å². The summed E-state index contributed by atoms with van der Waals surface area (Å²) in [7, 11) is 0. The summed E-state index contributed by atoms with van der Waals surface area (Å²) in [5.41, 5.74) is 1.34. The molecule has 0 unspecified atom stereocenters. The molecule has 0 aliphatic carbocycles. The molecule has 1 heterocycles. The van der Waals surface area contributed by atoms with Crippen LogP contribution in [-0.2, 0) is 0 Å². The Morgan fingerprint density at radius 1 is 0.742 bits per heavy atom. The molecule has 1 N–H and O–H groups in total. The molecule has 3 aromatic rings. The predicted molar refractivity (Wildman–Crippen MR) is 126 cm³/mol. The minimum absolute atomic E-state index is 0.0865. The lowest BCUT2D eigenvalue weighted by Crippen LogP contribution is -2.48. The SMILES string of the molecule is CC(C)(C)[C@H](c1ccc(Oc2ccccc2)c(Oc2ccccc2)c1)N1CCNCC1. The maximum Gasteiger partial charge on any atom is 0.170 e. The van der Waals surface area contributed by atoms with Crippen molar-refractivity contribution in [2.24, 2.45) is 5.41 Å². The maximum absolute atomic E-state index is 6.32. The summed E-state index contributed by atoms with van der Waals surface area (Å²) in [6, 6.07) is 26.4. The molecule has 162 valence electrons. The first kappa shape index (κ1) is 21.4. The topological polar surface area (TPSA) is 33.7 Å². The standard InChI is InChI=1S/C27H32N2O2/c1-27(2,3)26(29-18-16-28-17-19-29)21-14-15-24(30-22-10-6-4-7-11-22)25(20-21)31-23-12-8-5-9-13-23/h4-15,20,26,28H,16-19H2,1-3H3/t26-/m0/s1. The van der Waals surface area contributed by atoms with Crippen LogP contribution >= 0.6 is 0 Å². The van der Waals surface area contributed by atoms with Crippen LogP contribution in [0.25, 0.3) is 0 Å². The van der Waals surface area contributed by atoms with Gasteiger partial charge in [-0.25, -0.2) is 0 Å². The van der Waals surface area contributed by atoms with E-state index in [9.17, 15) is 0 Å². The molecule has 1 atom stereocenters. The van der Waals surface area contributed by atoms with Crippen molar-refractivity contribution in [3.05, 3.63) is 84.4 Å². The van der Waals surface area contributed by atoms with Crippen molar-refractivity contribution in [3.8, 4) is 23.0 Å². The molecule has 4 heteroatoms. The second-order valence-electron chi connectivity index (χ2n) is 9.09.